The Bertz CT molecular complexity index is 842. The van der Waals surface area contributed by atoms with E-state index in [-0.39, 0.29) is 26.8 Å². The molecule has 0 aliphatic carbocycles. The van der Waals surface area contributed by atoms with Crippen LogP contribution < -0.4 is 4.74 Å². The fourth-order valence-corrected chi connectivity index (χ4v) is 4.25. The van der Waals surface area contributed by atoms with Crippen LogP contribution in [0.25, 0.3) is 11.1 Å². The number of nitro groups is 1. The smallest absolute Gasteiger partial charge is 0.278 e. The molecule has 0 unspecified atom stereocenters. The molecule has 1 aliphatic heterocycles. The SMILES string of the molecule is COc1ccc([N+](=O)[O-])c2c1S(=O)(=O)c1ccccc1-2. The molecule has 0 atom stereocenters. The summed E-state index contributed by atoms with van der Waals surface area (Å²) in [6, 6.07) is 8.79. The number of methoxy groups -OCH3 is 1. The van der Waals surface area contributed by atoms with Crippen molar-refractivity contribution in [3.8, 4) is 16.9 Å². The summed E-state index contributed by atoms with van der Waals surface area (Å²) in [5.41, 5.74) is 0.201. The largest absolute Gasteiger partial charge is 0.495 e. The lowest BCUT2D eigenvalue weighted by molar-refractivity contribution is -0.384. The maximum absolute atomic E-state index is 12.5. The zero-order valence-electron chi connectivity index (χ0n) is 10.4. The average molecular weight is 291 g/mol. The van der Waals surface area contributed by atoms with Crippen molar-refractivity contribution in [1.82, 2.24) is 0 Å². The van der Waals surface area contributed by atoms with Crippen molar-refractivity contribution in [3.63, 3.8) is 0 Å². The van der Waals surface area contributed by atoms with Crippen molar-refractivity contribution in [2.24, 2.45) is 0 Å². The van der Waals surface area contributed by atoms with Gasteiger partial charge in [-0.05, 0) is 12.1 Å². The Morgan fingerprint density at radius 3 is 2.50 bits per heavy atom. The minimum absolute atomic E-state index is 0.0719. The van der Waals surface area contributed by atoms with Gasteiger partial charge in [0.2, 0.25) is 9.84 Å². The standard InChI is InChI=1S/C13H9NO5S/c1-19-10-7-6-9(14(15)16)12-8-4-2-3-5-11(8)20(17,18)13(10)12/h2-7H,1H3. The van der Waals surface area contributed by atoms with Gasteiger partial charge in [-0.15, -0.1) is 0 Å². The molecule has 0 radical (unpaired) electrons. The van der Waals surface area contributed by atoms with Gasteiger partial charge in [0.1, 0.15) is 10.6 Å². The first-order valence-corrected chi connectivity index (χ1v) is 7.16. The van der Waals surface area contributed by atoms with E-state index in [9.17, 15) is 18.5 Å². The Hall–Kier alpha value is -2.41. The van der Waals surface area contributed by atoms with E-state index in [1.807, 2.05) is 0 Å². The van der Waals surface area contributed by atoms with Crippen molar-refractivity contribution in [2.45, 2.75) is 9.79 Å². The van der Waals surface area contributed by atoms with Gasteiger partial charge in [-0.1, -0.05) is 18.2 Å². The van der Waals surface area contributed by atoms with Gasteiger partial charge >= 0.3 is 0 Å². The van der Waals surface area contributed by atoms with Crippen LogP contribution in [0.3, 0.4) is 0 Å². The first-order valence-electron chi connectivity index (χ1n) is 5.68. The molecule has 2 aromatic carbocycles. The van der Waals surface area contributed by atoms with E-state index in [1.165, 1.54) is 25.3 Å². The van der Waals surface area contributed by atoms with E-state index in [1.54, 1.807) is 18.2 Å². The summed E-state index contributed by atoms with van der Waals surface area (Å²) < 4.78 is 30.1. The summed E-state index contributed by atoms with van der Waals surface area (Å²) in [6.45, 7) is 0. The molecule has 0 saturated heterocycles. The fourth-order valence-electron chi connectivity index (χ4n) is 2.41. The number of nitro benzene ring substituents is 1. The van der Waals surface area contributed by atoms with Crippen LogP contribution >= 0.6 is 0 Å². The Balaban J connectivity index is 2.54. The highest BCUT2D eigenvalue weighted by Gasteiger charge is 2.40. The molecule has 3 rings (SSSR count). The first-order chi connectivity index (χ1) is 9.48. The molecule has 102 valence electrons. The van der Waals surface area contributed by atoms with Crippen LogP contribution in [0.4, 0.5) is 5.69 Å². The summed E-state index contributed by atoms with van der Waals surface area (Å²) in [5.74, 6) is 0.113. The van der Waals surface area contributed by atoms with Gasteiger partial charge in [0.25, 0.3) is 5.69 Å². The monoisotopic (exact) mass is 291 g/mol. The highest BCUT2D eigenvalue weighted by Crippen LogP contribution is 2.51. The summed E-state index contributed by atoms with van der Waals surface area (Å²) in [6.07, 6.45) is 0. The second-order valence-corrected chi connectivity index (χ2v) is 6.10. The molecule has 0 fully saturated rings. The molecule has 1 aliphatic rings. The quantitative estimate of drug-likeness (QED) is 0.534. The minimum Gasteiger partial charge on any atom is -0.495 e. The molecule has 0 saturated carbocycles. The Labute approximate surface area is 114 Å². The third-order valence-corrected chi connectivity index (χ3v) is 5.11. The minimum atomic E-state index is -3.79. The maximum atomic E-state index is 12.5. The summed E-state index contributed by atoms with van der Waals surface area (Å²) in [7, 11) is -2.46. The van der Waals surface area contributed by atoms with Gasteiger partial charge in [-0.25, -0.2) is 8.42 Å². The predicted octanol–water partition coefficient (Wildman–Crippen LogP) is 2.42. The van der Waals surface area contributed by atoms with Crippen molar-refractivity contribution in [3.05, 3.63) is 46.5 Å². The number of hydrogen-bond donors (Lipinski definition) is 0. The van der Waals surface area contributed by atoms with Gasteiger partial charge in [0, 0.05) is 11.6 Å². The van der Waals surface area contributed by atoms with E-state index < -0.39 is 14.8 Å². The van der Waals surface area contributed by atoms with Gasteiger partial charge in [-0.3, -0.25) is 10.1 Å². The summed E-state index contributed by atoms with van der Waals surface area (Å²) in [5, 5.41) is 11.2. The van der Waals surface area contributed by atoms with E-state index in [2.05, 4.69) is 0 Å². The third-order valence-electron chi connectivity index (χ3n) is 3.23. The second kappa shape index (κ2) is 4.04. The lowest BCUT2D eigenvalue weighted by atomic mass is 10.0. The third kappa shape index (κ3) is 1.47. The lowest BCUT2D eigenvalue weighted by Gasteiger charge is -2.06. The molecule has 0 bridgehead atoms. The van der Waals surface area contributed by atoms with Crippen LogP contribution in [0.1, 0.15) is 0 Å². The van der Waals surface area contributed by atoms with Gasteiger partial charge < -0.3 is 4.74 Å². The molecule has 0 N–H and O–H groups in total. The Morgan fingerprint density at radius 1 is 1.15 bits per heavy atom. The van der Waals surface area contributed by atoms with Crippen molar-refractivity contribution in [2.75, 3.05) is 7.11 Å². The normalized spacial score (nSPS) is 14.4. The van der Waals surface area contributed by atoms with Crippen LogP contribution in [-0.4, -0.2) is 20.5 Å². The number of fused-ring (bicyclic) bond motifs is 3. The molecule has 1 heterocycles. The van der Waals surface area contributed by atoms with Gasteiger partial charge in [-0.2, -0.15) is 0 Å². The predicted molar refractivity (Wildman–Crippen MR) is 70.5 cm³/mol. The molecule has 0 aromatic heterocycles. The topological polar surface area (TPSA) is 86.5 Å². The summed E-state index contributed by atoms with van der Waals surface area (Å²) >= 11 is 0. The highest BCUT2D eigenvalue weighted by molar-refractivity contribution is 7.92. The van der Waals surface area contributed by atoms with Crippen LogP contribution in [0.5, 0.6) is 5.75 Å². The van der Waals surface area contributed by atoms with E-state index >= 15 is 0 Å². The van der Waals surface area contributed by atoms with Crippen LogP contribution in [0.15, 0.2) is 46.2 Å². The number of hydrogen-bond acceptors (Lipinski definition) is 5. The summed E-state index contributed by atoms with van der Waals surface area (Å²) in [4.78, 5) is 10.5. The second-order valence-electron chi connectivity index (χ2n) is 4.25. The number of nitrogens with zero attached hydrogens (tertiary/aromatic N) is 1. The molecule has 0 amide bonds. The molecular formula is C13H9NO5S. The molecular weight excluding hydrogens is 282 g/mol. The molecule has 0 spiro atoms. The maximum Gasteiger partial charge on any atom is 0.278 e. The van der Waals surface area contributed by atoms with Crippen LogP contribution in [-0.2, 0) is 9.84 Å². The van der Waals surface area contributed by atoms with E-state index in [0.29, 0.717) is 5.56 Å². The lowest BCUT2D eigenvalue weighted by Crippen LogP contribution is -2.01. The number of rotatable bonds is 2. The van der Waals surface area contributed by atoms with Crippen LogP contribution in [0, 0.1) is 10.1 Å². The first kappa shape index (κ1) is 12.6. The number of sulfone groups is 1. The van der Waals surface area contributed by atoms with Gasteiger partial charge in [0.05, 0.1) is 22.5 Å². The van der Waals surface area contributed by atoms with Crippen molar-refractivity contribution in [1.29, 1.82) is 0 Å². The Kier molecular flexibility index (Phi) is 2.55. The number of benzene rings is 2. The van der Waals surface area contributed by atoms with Crippen molar-refractivity contribution < 1.29 is 18.1 Å². The van der Waals surface area contributed by atoms with Crippen molar-refractivity contribution >= 4 is 15.5 Å². The van der Waals surface area contributed by atoms with E-state index in [4.69, 9.17) is 4.74 Å². The molecule has 7 heteroatoms. The number of ether oxygens (including phenoxy) is 1. The average Bonchev–Trinajstić information content (AvgIpc) is 2.68. The zero-order valence-corrected chi connectivity index (χ0v) is 11.2. The molecule has 2 aromatic rings. The van der Waals surface area contributed by atoms with Crippen LogP contribution in [0.2, 0.25) is 0 Å². The molecule has 20 heavy (non-hydrogen) atoms. The Morgan fingerprint density at radius 2 is 1.85 bits per heavy atom. The molecule has 6 nitrogen and oxygen atoms in total. The fraction of sp³-hybridized carbons (Fsp3) is 0.0769. The zero-order chi connectivity index (χ0) is 14.5. The highest BCUT2D eigenvalue weighted by atomic mass is 32.2. The van der Waals surface area contributed by atoms with Gasteiger partial charge in [0.15, 0.2) is 0 Å². The van der Waals surface area contributed by atoms with E-state index in [0.717, 1.165) is 0 Å².